The molecule has 2 atom stereocenters. The van der Waals surface area contributed by atoms with Crippen molar-refractivity contribution in [2.45, 2.75) is 44.4 Å². The van der Waals surface area contributed by atoms with E-state index in [1.807, 2.05) is 6.07 Å². The molecule has 0 bridgehead atoms. The molecular weight excluding hydrogens is 220 g/mol. The highest BCUT2D eigenvalue weighted by molar-refractivity contribution is 5.87. The maximum Gasteiger partial charge on any atom is 0.141 e. The van der Waals surface area contributed by atoms with Crippen LogP contribution >= 0.6 is 0 Å². The highest BCUT2D eigenvalue weighted by Gasteiger charge is 2.34. The summed E-state index contributed by atoms with van der Waals surface area (Å²) in [5.41, 5.74) is 2.78. The molecule has 3 rings (SSSR count). The zero-order chi connectivity index (χ0) is 12.4. The van der Waals surface area contributed by atoms with Crippen LogP contribution in [0.15, 0.2) is 42.0 Å². The summed E-state index contributed by atoms with van der Waals surface area (Å²) in [5, 5.41) is 0. The first-order valence-corrected chi connectivity index (χ1v) is 7.13. The SMILES string of the molecule is O=C1CCC=C2CCCC[C@H]2[C@@H]1c1ccccc1. The van der Waals surface area contributed by atoms with Gasteiger partial charge in [0, 0.05) is 12.3 Å². The van der Waals surface area contributed by atoms with Crippen LogP contribution in [0.5, 0.6) is 0 Å². The summed E-state index contributed by atoms with van der Waals surface area (Å²) in [4.78, 5) is 12.4. The fourth-order valence-corrected chi connectivity index (χ4v) is 3.56. The maximum atomic E-state index is 12.4. The van der Waals surface area contributed by atoms with E-state index >= 15 is 0 Å². The first-order chi connectivity index (χ1) is 8.86. The van der Waals surface area contributed by atoms with Gasteiger partial charge < -0.3 is 0 Å². The maximum absolute atomic E-state index is 12.4. The van der Waals surface area contributed by atoms with Crippen molar-refractivity contribution in [3.05, 3.63) is 47.5 Å². The minimum absolute atomic E-state index is 0.125. The molecule has 2 aliphatic rings. The van der Waals surface area contributed by atoms with E-state index in [0.29, 0.717) is 11.7 Å². The minimum Gasteiger partial charge on any atom is -0.299 e. The Balaban J connectivity index is 1.98. The number of carbonyl (C=O) groups excluding carboxylic acids is 1. The Bertz CT molecular complexity index is 458. The molecule has 2 aliphatic carbocycles. The lowest BCUT2D eigenvalue weighted by Crippen LogP contribution is -2.24. The van der Waals surface area contributed by atoms with Gasteiger partial charge in [-0.2, -0.15) is 0 Å². The second-order valence-corrected chi connectivity index (χ2v) is 5.52. The van der Waals surface area contributed by atoms with Gasteiger partial charge in [-0.05, 0) is 37.2 Å². The number of hydrogen-bond donors (Lipinski definition) is 0. The summed E-state index contributed by atoms with van der Waals surface area (Å²) in [5.74, 6) is 1.05. The van der Waals surface area contributed by atoms with E-state index in [4.69, 9.17) is 0 Å². The highest BCUT2D eigenvalue weighted by Crippen LogP contribution is 2.42. The predicted octanol–water partition coefficient (Wildman–Crippen LogP) is 4.25. The topological polar surface area (TPSA) is 17.1 Å². The molecule has 1 fully saturated rings. The average molecular weight is 240 g/mol. The van der Waals surface area contributed by atoms with Gasteiger partial charge in [-0.15, -0.1) is 0 Å². The molecule has 0 unspecified atom stereocenters. The lowest BCUT2D eigenvalue weighted by molar-refractivity contribution is -0.121. The molecule has 1 aromatic rings. The molecule has 0 radical (unpaired) electrons. The molecule has 94 valence electrons. The molecule has 1 nitrogen and oxygen atoms in total. The van der Waals surface area contributed by atoms with Crippen molar-refractivity contribution >= 4 is 5.78 Å². The smallest absolute Gasteiger partial charge is 0.141 e. The molecule has 0 heterocycles. The lowest BCUT2D eigenvalue weighted by Gasteiger charge is -2.31. The Kier molecular flexibility index (Phi) is 3.31. The quantitative estimate of drug-likeness (QED) is 0.671. The summed E-state index contributed by atoms with van der Waals surface area (Å²) in [6, 6.07) is 10.4. The van der Waals surface area contributed by atoms with Crippen molar-refractivity contribution in [1.82, 2.24) is 0 Å². The van der Waals surface area contributed by atoms with Gasteiger partial charge in [0.2, 0.25) is 0 Å². The molecule has 1 heteroatoms. The molecule has 1 saturated carbocycles. The van der Waals surface area contributed by atoms with Gasteiger partial charge in [0.05, 0.1) is 0 Å². The van der Waals surface area contributed by atoms with Gasteiger partial charge in [0.1, 0.15) is 5.78 Å². The number of hydrogen-bond acceptors (Lipinski definition) is 1. The minimum atomic E-state index is 0.125. The molecule has 0 aromatic heterocycles. The number of allylic oxidation sites excluding steroid dienone is 2. The van der Waals surface area contributed by atoms with Gasteiger partial charge in [-0.25, -0.2) is 0 Å². The molecule has 1 aromatic carbocycles. The Hall–Kier alpha value is -1.37. The average Bonchev–Trinajstić information content (AvgIpc) is 2.58. The van der Waals surface area contributed by atoms with Gasteiger partial charge in [-0.1, -0.05) is 48.4 Å². The van der Waals surface area contributed by atoms with Gasteiger partial charge in [0.25, 0.3) is 0 Å². The molecule has 18 heavy (non-hydrogen) atoms. The van der Waals surface area contributed by atoms with Crippen LogP contribution in [-0.2, 0) is 4.79 Å². The fraction of sp³-hybridized carbons (Fsp3) is 0.471. The second kappa shape index (κ2) is 5.09. The Morgan fingerprint density at radius 3 is 2.67 bits per heavy atom. The third kappa shape index (κ3) is 2.14. The number of ketones is 1. The number of rotatable bonds is 1. The summed E-state index contributed by atoms with van der Waals surface area (Å²) in [6.45, 7) is 0. The number of Topliss-reactive ketones (excluding diaryl/α,β-unsaturated/α-hetero) is 1. The molecule has 0 spiro atoms. The Morgan fingerprint density at radius 1 is 1.00 bits per heavy atom. The molecular formula is C17H20O. The number of fused-ring (bicyclic) bond motifs is 1. The zero-order valence-electron chi connectivity index (χ0n) is 10.8. The standard InChI is InChI=1S/C17H20O/c18-16-12-6-10-13-7-4-5-11-15(13)17(16)14-8-2-1-3-9-14/h1-3,8-10,15,17H,4-7,11-12H2/t15-,17+/m1/s1. The second-order valence-electron chi connectivity index (χ2n) is 5.52. The van der Waals surface area contributed by atoms with Crippen molar-refractivity contribution in [2.24, 2.45) is 5.92 Å². The monoisotopic (exact) mass is 240 g/mol. The van der Waals surface area contributed by atoms with E-state index in [2.05, 4.69) is 30.3 Å². The number of carbonyl (C=O) groups is 1. The van der Waals surface area contributed by atoms with Crippen molar-refractivity contribution in [1.29, 1.82) is 0 Å². The van der Waals surface area contributed by atoms with Crippen molar-refractivity contribution in [3.63, 3.8) is 0 Å². The molecule has 0 saturated heterocycles. The molecule has 0 N–H and O–H groups in total. The Morgan fingerprint density at radius 2 is 1.83 bits per heavy atom. The fourth-order valence-electron chi connectivity index (χ4n) is 3.56. The van der Waals surface area contributed by atoms with Crippen molar-refractivity contribution in [2.75, 3.05) is 0 Å². The summed E-state index contributed by atoms with van der Waals surface area (Å²) >= 11 is 0. The highest BCUT2D eigenvalue weighted by atomic mass is 16.1. The third-order valence-corrected chi connectivity index (χ3v) is 4.41. The van der Waals surface area contributed by atoms with E-state index in [9.17, 15) is 4.79 Å². The van der Waals surface area contributed by atoms with Crippen LogP contribution in [-0.4, -0.2) is 5.78 Å². The van der Waals surface area contributed by atoms with Gasteiger partial charge in [0.15, 0.2) is 0 Å². The van der Waals surface area contributed by atoms with E-state index in [1.54, 1.807) is 5.57 Å². The van der Waals surface area contributed by atoms with Crippen LogP contribution in [0, 0.1) is 5.92 Å². The lowest BCUT2D eigenvalue weighted by atomic mass is 9.73. The van der Waals surface area contributed by atoms with E-state index in [-0.39, 0.29) is 5.92 Å². The molecule has 0 amide bonds. The van der Waals surface area contributed by atoms with Crippen LogP contribution in [0.3, 0.4) is 0 Å². The van der Waals surface area contributed by atoms with Crippen LogP contribution in [0.2, 0.25) is 0 Å². The zero-order valence-corrected chi connectivity index (χ0v) is 10.8. The first-order valence-electron chi connectivity index (χ1n) is 7.13. The first kappa shape index (κ1) is 11.7. The van der Waals surface area contributed by atoms with Gasteiger partial charge >= 0.3 is 0 Å². The summed E-state index contributed by atoms with van der Waals surface area (Å²) < 4.78 is 0. The van der Waals surface area contributed by atoms with E-state index in [1.165, 1.54) is 31.2 Å². The molecule has 0 aliphatic heterocycles. The van der Waals surface area contributed by atoms with Crippen LogP contribution in [0.4, 0.5) is 0 Å². The predicted molar refractivity (Wildman–Crippen MR) is 73.5 cm³/mol. The van der Waals surface area contributed by atoms with Crippen LogP contribution in [0.25, 0.3) is 0 Å². The van der Waals surface area contributed by atoms with Crippen molar-refractivity contribution < 1.29 is 4.79 Å². The largest absolute Gasteiger partial charge is 0.299 e. The normalized spacial score (nSPS) is 28.2. The Labute approximate surface area is 109 Å². The summed E-state index contributed by atoms with van der Waals surface area (Å²) in [6.07, 6.45) is 9.01. The van der Waals surface area contributed by atoms with E-state index < -0.39 is 0 Å². The van der Waals surface area contributed by atoms with Crippen molar-refractivity contribution in [3.8, 4) is 0 Å². The number of benzene rings is 1. The van der Waals surface area contributed by atoms with Gasteiger partial charge in [-0.3, -0.25) is 4.79 Å². The van der Waals surface area contributed by atoms with Crippen LogP contribution in [0.1, 0.15) is 50.0 Å². The third-order valence-electron chi connectivity index (χ3n) is 4.41. The van der Waals surface area contributed by atoms with Crippen LogP contribution < -0.4 is 0 Å². The summed E-state index contributed by atoms with van der Waals surface area (Å²) in [7, 11) is 0. The van der Waals surface area contributed by atoms with E-state index in [0.717, 1.165) is 12.8 Å².